The lowest BCUT2D eigenvalue weighted by Gasteiger charge is -2.28. The van der Waals surface area contributed by atoms with E-state index in [0.29, 0.717) is 12.0 Å². The lowest BCUT2D eigenvalue weighted by molar-refractivity contribution is 0.0857. The van der Waals surface area contributed by atoms with Crippen molar-refractivity contribution < 1.29 is 9.59 Å². The van der Waals surface area contributed by atoms with Gasteiger partial charge in [-0.15, -0.1) is 0 Å². The lowest BCUT2D eigenvalue weighted by Crippen LogP contribution is -2.27. The fraction of sp³-hybridized carbons (Fsp3) is 0.450. The number of carbonyl (C=O) groups is 2. The van der Waals surface area contributed by atoms with Crippen molar-refractivity contribution in [2.45, 2.75) is 47.5 Å². The van der Waals surface area contributed by atoms with E-state index in [1.807, 2.05) is 49.7 Å². The van der Waals surface area contributed by atoms with Crippen LogP contribution in [0.2, 0.25) is 0 Å². The molecule has 1 heterocycles. The van der Waals surface area contributed by atoms with Crippen LogP contribution in [0.5, 0.6) is 0 Å². The maximum atomic E-state index is 12.4. The maximum absolute atomic E-state index is 12.4. The Labute approximate surface area is 142 Å². The van der Waals surface area contributed by atoms with E-state index in [0.717, 1.165) is 23.4 Å². The highest BCUT2D eigenvalue weighted by Gasteiger charge is 2.34. The molecule has 3 rings (SSSR count). The van der Waals surface area contributed by atoms with Gasteiger partial charge in [-0.05, 0) is 36.1 Å². The first-order valence-corrected chi connectivity index (χ1v) is 8.34. The summed E-state index contributed by atoms with van der Waals surface area (Å²) in [4.78, 5) is 24.7. The molecule has 24 heavy (non-hydrogen) atoms. The summed E-state index contributed by atoms with van der Waals surface area (Å²) in [7, 11) is 0. The second kappa shape index (κ2) is 5.40. The molecule has 1 aliphatic carbocycles. The Morgan fingerprint density at radius 1 is 1.12 bits per heavy atom. The van der Waals surface area contributed by atoms with Crippen molar-refractivity contribution in [3.05, 3.63) is 47.3 Å². The van der Waals surface area contributed by atoms with Crippen molar-refractivity contribution in [2.24, 2.45) is 10.8 Å². The molecule has 0 fully saturated rings. The summed E-state index contributed by atoms with van der Waals surface area (Å²) < 4.78 is 1.83. The Bertz CT molecular complexity index is 805. The topological polar surface area (TPSA) is 52.0 Å². The third kappa shape index (κ3) is 2.93. The van der Waals surface area contributed by atoms with Crippen molar-refractivity contribution >= 4 is 11.6 Å². The van der Waals surface area contributed by atoms with Crippen molar-refractivity contribution in [3.8, 4) is 5.69 Å². The van der Waals surface area contributed by atoms with Crippen molar-refractivity contribution in [1.29, 1.82) is 0 Å². The van der Waals surface area contributed by atoms with Crippen LogP contribution in [0.1, 0.15) is 67.4 Å². The Morgan fingerprint density at radius 3 is 2.33 bits per heavy atom. The van der Waals surface area contributed by atoms with E-state index in [2.05, 4.69) is 18.9 Å². The Morgan fingerprint density at radius 2 is 1.75 bits per heavy atom. The second-order valence-electron chi connectivity index (χ2n) is 8.48. The van der Waals surface area contributed by atoms with Gasteiger partial charge in [0, 0.05) is 17.4 Å². The molecule has 1 aliphatic rings. The van der Waals surface area contributed by atoms with Gasteiger partial charge in [-0.2, -0.15) is 5.10 Å². The number of aromatic nitrogens is 2. The summed E-state index contributed by atoms with van der Waals surface area (Å²) in [6.45, 7) is 9.97. The zero-order valence-electron chi connectivity index (χ0n) is 15.0. The monoisotopic (exact) mass is 324 g/mol. The normalized spacial score (nSPS) is 16.8. The zero-order chi connectivity index (χ0) is 17.7. The molecule has 4 nitrogen and oxygen atoms in total. The average molecular weight is 324 g/mol. The van der Waals surface area contributed by atoms with Crippen molar-refractivity contribution in [1.82, 2.24) is 9.78 Å². The van der Waals surface area contributed by atoms with E-state index in [4.69, 9.17) is 0 Å². The van der Waals surface area contributed by atoms with Gasteiger partial charge in [0.05, 0.1) is 23.1 Å². The number of carbonyl (C=O) groups excluding carboxylic acids is 2. The molecule has 0 saturated carbocycles. The Kier molecular flexibility index (Phi) is 3.74. The van der Waals surface area contributed by atoms with Gasteiger partial charge in [0.25, 0.3) is 0 Å². The summed E-state index contributed by atoms with van der Waals surface area (Å²) in [5.41, 5.74) is 2.82. The van der Waals surface area contributed by atoms with E-state index in [9.17, 15) is 9.59 Å². The SMILES string of the molecule is CC1(C)CC(=O)c2cnn(-c3ccc(C(=O)C(C)(C)C)cc3)c2C1. The molecular formula is C20H24N2O2. The fourth-order valence-corrected chi connectivity index (χ4v) is 3.23. The number of fused-ring (bicyclic) bond motifs is 1. The summed E-state index contributed by atoms with van der Waals surface area (Å²) >= 11 is 0. The van der Waals surface area contributed by atoms with E-state index < -0.39 is 5.41 Å². The molecule has 0 N–H and O–H groups in total. The molecule has 0 spiro atoms. The molecule has 0 aliphatic heterocycles. The van der Waals surface area contributed by atoms with E-state index in [1.54, 1.807) is 6.20 Å². The Balaban J connectivity index is 1.97. The van der Waals surface area contributed by atoms with Gasteiger partial charge in [0.2, 0.25) is 0 Å². The van der Waals surface area contributed by atoms with Crippen LogP contribution in [-0.4, -0.2) is 21.3 Å². The number of benzene rings is 1. The van der Waals surface area contributed by atoms with Crippen LogP contribution in [0, 0.1) is 10.8 Å². The van der Waals surface area contributed by atoms with Gasteiger partial charge in [-0.25, -0.2) is 4.68 Å². The van der Waals surface area contributed by atoms with Crippen LogP contribution >= 0.6 is 0 Å². The molecule has 0 radical (unpaired) electrons. The zero-order valence-corrected chi connectivity index (χ0v) is 15.0. The predicted octanol–water partition coefficient (Wildman–Crippen LogP) is 4.26. The van der Waals surface area contributed by atoms with Crippen molar-refractivity contribution in [2.75, 3.05) is 0 Å². The van der Waals surface area contributed by atoms with Crippen LogP contribution in [0.25, 0.3) is 5.69 Å². The summed E-state index contributed by atoms with van der Waals surface area (Å²) in [6, 6.07) is 7.48. The standard InChI is InChI=1S/C20H24N2O2/c1-19(2,3)18(24)13-6-8-14(9-7-13)22-16-10-20(4,5)11-17(23)15(16)12-21-22/h6-9,12H,10-11H2,1-5H3. The maximum Gasteiger partial charge on any atom is 0.168 e. The molecular weight excluding hydrogens is 300 g/mol. The molecule has 4 heteroatoms. The van der Waals surface area contributed by atoms with Crippen LogP contribution in [-0.2, 0) is 6.42 Å². The first kappa shape index (κ1) is 16.6. The van der Waals surface area contributed by atoms with E-state index in [-0.39, 0.29) is 17.0 Å². The van der Waals surface area contributed by atoms with E-state index in [1.165, 1.54) is 0 Å². The average Bonchev–Trinajstić information content (AvgIpc) is 2.88. The molecule has 1 aromatic heterocycles. The highest BCUT2D eigenvalue weighted by atomic mass is 16.1. The van der Waals surface area contributed by atoms with Crippen molar-refractivity contribution in [3.63, 3.8) is 0 Å². The molecule has 0 amide bonds. The van der Waals surface area contributed by atoms with E-state index >= 15 is 0 Å². The molecule has 0 bridgehead atoms. The lowest BCUT2D eigenvalue weighted by atomic mass is 9.76. The Hall–Kier alpha value is -2.23. The van der Waals surface area contributed by atoms with Crippen LogP contribution in [0.3, 0.4) is 0 Å². The van der Waals surface area contributed by atoms with Gasteiger partial charge < -0.3 is 0 Å². The number of ketones is 2. The van der Waals surface area contributed by atoms with Gasteiger partial charge in [-0.3, -0.25) is 9.59 Å². The molecule has 0 saturated heterocycles. The molecule has 0 unspecified atom stereocenters. The minimum absolute atomic E-state index is 0.0516. The number of hydrogen-bond acceptors (Lipinski definition) is 3. The number of rotatable bonds is 2. The molecule has 2 aromatic rings. The van der Waals surface area contributed by atoms with Gasteiger partial charge in [-0.1, -0.05) is 34.6 Å². The minimum Gasteiger partial charge on any atom is -0.294 e. The largest absolute Gasteiger partial charge is 0.294 e. The minimum atomic E-state index is -0.400. The fourth-order valence-electron chi connectivity index (χ4n) is 3.23. The molecule has 1 aromatic carbocycles. The highest BCUT2D eigenvalue weighted by Crippen LogP contribution is 2.35. The van der Waals surface area contributed by atoms with Gasteiger partial charge in [0.15, 0.2) is 11.6 Å². The second-order valence-corrected chi connectivity index (χ2v) is 8.48. The van der Waals surface area contributed by atoms with Gasteiger partial charge >= 0.3 is 0 Å². The smallest absolute Gasteiger partial charge is 0.168 e. The van der Waals surface area contributed by atoms with Crippen LogP contribution < -0.4 is 0 Å². The number of hydrogen-bond donors (Lipinski definition) is 0. The van der Waals surface area contributed by atoms with Crippen LogP contribution in [0.4, 0.5) is 0 Å². The highest BCUT2D eigenvalue weighted by molar-refractivity contribution is 6.00. The first-order valence-electron chi connectivity index (χ1n) is 8.34. The summed E-state index contributed by atoms with van der Waals surface area (Å²) in [5.74, 6) is 0.278. The summed E-state index contributed by atoms with van der Waals surface area (Å²) in [5, 5.41) is 4.42. The number of nitrogens with zero attached hydrogens (tertiary/aromatic N) is 2. The van der Waals surface area contributed by atoms with Gasteiger partial charge in [0.1, 0.15) is 0 Å². The third-order valence-electron chi connectivity index (χ3n) is 4.51. The molecule has 126 valence electrons. The molecule has 0 atom stereocenters. The summed E-state index contributed by atoms with van der Waals surface area (Å²) in [6.07, 6.45) is 3.04. The predicted molar refractivity (Wildman–Crippen MR) is 93.8 cm³/mol. The first-order chi connectivity index (χ1) is 11.1. The quantitative estimate of drug-likeness (QED) is 0.776. The number of Topliss-reactive ketones (excluding diaryl/α,β-unsaturated/α-hetero) is 2. The third-order valence-corrected chi connectivity index (χ3v) is 4.51. The van der Waals surface area contributed by atoms with Crippen LogP contribution in [0.15, 0.2) is 30.5 Å².